The molecule has 5 nitrogen and oxygen atoms in total. The van der Waals surface area contributed by atoms with Gasteiger partial charge in [-0.15, -0.1) is 0 Å². The maximum atomic E-state index is 13.8. The quantitative estimate of drug-likeness (QED) is 0.335. The van der Waals surface area contributed by atoms with Gasteiger partial charge in [0.25, 0.3) is 5.91 Å². The van der Waals surface area contributed by atoms with Crippen molar-refractivity contribution in [3.63, 3.8) is 0 Å². The lowest BCUT2D eigenvalue weighted by Crippen LogP contribution is -2.55. The standard InChI is InChI=1S/C30H34Cl2N2O3/c1-20-14-15-21(2)27(16-20)37-19-28(35)34(18-23-24(31)12-9-13-25(23)32)26(29(36)33-30(3,4)5)17-22-10-7-6-8-11-22/h6-16,26H,17-19H2,1-5H3,(H,33,36)/t26-/m1/s1. The van der Waals surface area contributed by atoms with Gasteiger partial charge in [-0.3, -0.25) is 9.59 Å². The summed E-state index contributed by atoms with van der Waals surface area (Å²) in [4.78, 5) is 28.9. The minimum Gasteiger partial charge on any atom is -0.483 e. The molecule has 37 heavy (non-hydrogen) atoms. The zero-order valence-electron chi connectivity index (χ0n) is 22.0. The lowest BCUT2D eigenvalue weighted by molar-refractivity contribution is -0.143. The molecule has 0 radical (unpaired) electrons. The molecule has 3 aromatic carbocycles. The highest BCUT2D eigenvalue weighted by atomic mass is 35.5. The number of nitrogens with one attached hydrogen (secondary N) is 1. The summed E-state index contributed by atoms with van der Waals surface area (Å²) in [6.07, 6.45) is 0.319. The monoisotopic (exact) mass is 540 g/mol. The average molecular weight is 542 g/mol. The molecule has 7 heteroatoms. The predicted molar refractivity (Wildman–Crippen MR) is 150 cm³/mol. The molecule has 1 N–H and O–H groups in total. The van der Waals surface area contributed by atoms with Crippen LogP contribution in [0.15, 0.2) is 66.7 Å². The molecule has 0 aromatic heterocycles. The molecule has 0 saturated carbocycles. The van der Waals surface area contributed by atoms with E-state index in [0.717, 1.165) is 16.7 Å². The second-order valence-electron chi connectivity index (χ2n) is 10.2. The fourth-order valence-corrected chi connectivity index (χ4v) is 4.46. The normalized spacial score (nSPS) is 12.1. The molecule has 0 aliphatic heterocycles. The van der Waals surface area contributed by atoms with Crippen LogP contribution in [0.4, 0.5) is 0 Å². The molecule has 0 fully saturated rings. The largest absolute Gasteiger partial charge is 0.483 e. The van der Waals surface area contributed by atoms with Crippen LogP contribution < -0.4 is 10.1 Å². The van der Waals surface area contributed by atoms with Crippen LogP contribution in [-0.4, -0.2) is 34.9 Å². The van der Waals surface area contributed by atoms with E-state index in [4.69, 9.17) is 27.9 Å². The predicted octanol–water partition coefficient (Wildman–Crippen LogP) is 6.54. The molecular weight excluding hydrogens is 507 g/mol. The second kappa shape index (κ2) is 12.5. The molecule has 0 spiro atoms. The van der Waals surface area contributed by atoms with Crippen molar-refractivity contribution in [1.82, 2.24) is 10.2 Å². The van der Waals surface area contributed by atoms with Crippen LogP contribution in [0.5, 0.6) is 5.75 Å². The van der Waals surface area contributed by atoms with E-state index >= 15 is 0 Å². The van der Waals surface area contributed by atoms with E-state index in [2.05, 4.69) is 5.32 Å². The third-order valence-electron chi connectivity index (χ3n) is 5.85. The van der Waals surface area contributed by atoms with Gasteiger partial charge in [0.05, 0.1) is 0 Å². The highest BCUT2D eigenvalue weighted by molar-refractivity contribution is 6.36. The van der Waals surface area contributed by atoms with E-state index in [1.54, 1.807) is 18.2 Å². The Morgan fingerprint density at radius 2 is 1.59 bits per heavy atom. The van der Waals surface area contributed by atoms with E-state index in [9.17, 15) is 9.59 Å². The van der Waals surface area contributed by atoms with Gasteiger partial charge in [0.15, 0.2) is 6.61 Å². The van der Waals surface area contributed by atoms with Crippen molar-refractivity contribution in [2.24, 2.45) is 0 Å². The number of carbonyl (C=O) groups excluding carboxylic acids is 2. The Bertz CT molecular complexity index is 1220. The fraction of sp³-hybridized carbons (Fsp3) is 0.333. The molecule has 196 valence electrons. The summed E-state index contributed by atoms with van der Waals surface area (Å²) in [5, 5.41) is 3.89. The Balaban J connectivity index is 2.00. The molecule has 3 aromatic rings. The molecule has 0 aliphatic carbocycles. The number of halogens is 2. The molecule has 0 bridgehead atoms. The van der Waals surface area contributed by atoms with Crippen LogP contribution >= 0.6 is 23.2 Å². The van der Waals surface area contributed by atoms with Crippen molar-refractivity contribution >= 4 is 35.0 Å². The van der Waals surface area contributed by atoms with Crippen molar-refractivity contribution in [3.8, 4) is 5.75 Å². The molecule has 0 saturated heterocycles. The zero-order chi connectivity index (χ0) is 27.2. The van der Waals surface area contributed by atoms with Crippen molar-refractivity contribution < 1.29 is 14.3 Å². The van der Waals surface area contributed by atoms with Crippen LogP contribution in [0.2, 0.25) is 10.0 Å². The number of nitrogens with zero attached hydrogens (tertiary/aromatic N) is 1. The first-order chi connectivity index (χ1) is 17.4. The van der Waals surface area contributed by atoms with Crippen LogP contribution in [0, 0.1) is 13.8 Å². The highest BCUT2D eigenvalue weighted by Gasteiger charge is 2.33. The summed E-state index contributed by atoms with van der Waals surface area (Å²) in [5.41, 5.74) is 2.96. The van der Waals surface area contributed by atoms with E-state index < -0.39 is 11.6 Å². The summed E-state index contributed by atoms with van der Waals surface area (Å²) in [6, 6.07) is 19.8. The van der Waals surface area contributed by atoms with E-state index in [1.807, 2.05) is 83.1 Å². The number of ether oxygens (including phenoxy) is 1. The number of amides is 2. The first kappa shape index (κ1) is 28.5. The molecule has 0 heterocycles. The molecule has 0 aliphatic rings. The van der Waals surface area contributed by atoms with Crippen LogP contribution in [0.3, 0.4) is 0 Å². The molecule has 3 rings (SSSR count). The van der Waals surface area contributed by atoms with Crippen molar-refractivity contribution in [2.45, 2.75) is 59.2 Å². The maximum absolute atomic E-state index is 13.8. The third-order valence-corrected chi connectivity index (χ3v) is 6.56. The summed E-state index contributed by atoms with van der Waals surface area (Å²) < 4.78 is 5.95. The summed E-state index contributed by atoms with van der Waals surface area (Å²) >= 11 is 13.0. The van der Waals surface area contributed by atoms with Gasteiger partial charge < -0.3 is 15.0 Å². The molecule has 0 unspecified atom stereocenters. The van der Waals surface area contributed by atoms with E-state index in [1.165, 1.54) is 4.90 Å². The Hall–Kier alpha value is -3.02. The van der Waals surface area contributed by atoms with Crippen LogP contribution in [0.1, 0.15) is 43.0 Å². The van der Waals surface area contributed by atoms with Crippen LogP contribution in [0.25, 0.3) is 0 Å². The number of hydrogen-bond donors (Lipinski definition) is 1. The number of hydrogen-bond acceptors (Lipinski definition) is 3. The average Bonchev–Trinajstić information content (AvgIpc) is 2.83. The fourth-order valence-electron chi connectivity index (χ4n) is 3.95. The van der Waals surface area contributed by atoms with Crippen molar-refractivity contribution in [1.29, 1.82) is 0 Å². The Labute approximate surface area is 229 Å². The zero-order valence-corrected chi connectivity index (χ0v) is 23.5. The number of aryl methyl sites for hydroxylation is 2. The summed E-state index contributed by atoms with van der Waals surface area (Å²) in [6.45, 7) is 9.44. The molecule has 1 atom stereocenters. The van der Waals surface area contributed by atoms with Crippen molar-refractivity contribution in [3.05, 3.63) is 99.0 Å². The second-order valence-corrected chi connectivity index (χ2v) is 11.0. The van der Waals surface area contributed by atoms with Gasteiger partial charge in [0.2, 0.25) is 5.91 Å². The molecule has 2 amide bonds. The minimum atomic E-state index is -0.816. The van der Waals surface area contributed by atoms with Crippen molar-refractivity contribution in [2.75, 3.05) is 6.61 Å². The number of carbonyl (C=O) groups is 2. The van der Waals surface area contributed by atoms with Gasteiger partial charge in [-0.25, -0.2) is 0 Å². The van der Waals surface area contributed by atoms with Gasteiger partial charge in [0.1, 0.15) is 11.8 Å². The first-order valence-corrected chi connectivity index (χ1v) is 13.0. The van der Waals surface area contributed by atoms with Gasteiger partial charge in [-0.1, -0.05) is 71.7 Å². The van der Waals surface area contributed by atoms with Gasteiger partial charge in [0, 0.05) is 34.1 Å². The summed E-state index contributed by atoms with van der Waals surface area (Å²) in [7, 11) is 0. The lowest BCUT2D eigenvalue weighted by atomic mass is 10.0. The number of rotatable bonds is 9. The first-order valence-electron chi connectivity index (χ1n) is 12.2. The maximum Gasteiger partial charge on any atom is 0.261 e. The topological polar surface area (TPSA) is 58.6 Å². The Kier molecular flexibility index (Phi) is 9.63. The lowest BCUT2D eigenvalue weighted by Gasteiger charge is -2.34. The Morgan fingerprint density at radius 3 is 2.22 bits per heavy atom. The van der Waals surface area contributed by atoms with Crippen LogP contribution in [-0.2, 0) is 22.6 Å². The molecular formula is C30H34Cl2N2O3. The highest BCUT2D eigenvalue weighted by Crippen LogP contribution is 2.28. The number of benzene rings is 3. The van der Waals surface area contributed by atoms with E-state index in [0.29, 0.717) is 27.8 Å². The van der Waals surface area contributed by atoms with Gasteiger partial charge in [-0.05, 0) is 69.5 Å². The smallest absolute Gasteiger partial charge is 0.261 e. The minimum absolute atomic E-state index is 0.0581. The van der Waals surface area contributed by atoms with E-state index in [-0.39, 0.29) is 25.0 Å². The third kappa shape index (κ3) is 8.24. The Morgan fingerprint density at radius 1 is 0.946 bits per heavy atom. The van der Waals surface area contributed by atoms with Gasteiger partial charge >= 0.3 is 0 Å². The summed E-state index contributed by atoms with van der Waals surface area (Å²) in [5.74, 6) is 0.0179. The van der Waals surface area contributed by atoms with Gasteiger partial charge in [-0.2, -0.15) is 0 Å². The SMILES string of the molecule is Cc1ccc(C)c(OCC(=O)N(Cc2c(Cl)cccc2Cl)[C@H](Cc2ccccc2)C(=O)NC(C)(C)C)c1.